The average Bonchev–Trinajstić information content (AvgIpc) is 3.25. The van der Waals surface area contributed by atoms with E-state index in [0.717, 1.165) is 30.3 Å². The minimum absolute atomic E-state index is 0.0278. The first-order valence-corrected chi connectivity index (χ1v) is 11.2. The van der Waals surface area contributed by atoms with Crippen LogP contribution in [-0.4, -0.2) is 39.7 Å². The highest BCUT2D eigenvalue weighted by Gasteiger charge is 2.30. The second-order valence-corrected chi connectivity index (χ2v) is 8.33. The van der Waals surface area contributed by atoms with Crippen molar-refractivity contribution in [1.29, 1.82) is 0 Å². The molecule has 1 aliphatic heterocycles. The van der Waals surface area contributed by atoms with Crippen molar-refractivity contribution < 1.29 is 18.0 Å². The third kappa shape index (κ3) is 5.45. The molecule has 1 amide bonds. The van der Waals surface area contributed by atoms with Gasteiger partial charge < -0.3 is 5.32 Å². The molecule has 5 nitrogen and oxygen atoms in total. The molecule has 0 aliphatic carbocycles. The highest BCUT2D eigenvalue weighted by molar-refractivity contribution is 5.95. The fraction of sp³-hybridized carbons (Fsp3) is 0.360. The number of likely N-dealkylation sites (tertiary alicyclic amines) is 1. The standard InChI is InChI=1S/C25H27F3N4O/c1-2-23-22(16-29-32(23)21-9-4-3-5-10-21)24(33)30-20-11-13-31(14-12-20)17-18-7-6-8-19(15-18)25(26,27)28/h3-10,15-16,20H,2,11-14,17H2,1H3,(H,30,33). The summed E-state index contributed by atoms with van der Waals surface area (Å²) in [6, 6.07) is 15.2. The van der Waals surface area contributed by atoms with Crippen LogP contribution in [0.5, 0.6) is 0 Å². The number of carbonyl (C=O) groups is 1. The summed E-state index contributed by atoms with van der Waals surface area (Å²) in [7, 11) is 0. The molecule has 3 aromatic rings. The van der Waals surface area contributed by atoms with Gasteiger partial charge in [-0.25, -0.2) is 4.68 Å². The van der Waals surface area contributed by atoms with Gasteiger partial charge in [0.2, 0.25) is 0 Å². The number of benzene rings is 2. The molecule has 2 aromatic carbocycles. The number of piperidine rings is 1. The third-order valence-electron chi connectivity index (χ3n) is 6.03. The van der Waals surface area contributed by atoms with Crippen LogP contribution in [0.2, 0.25) is 0 Å². The summed E-state index contributed by atoms with van der Waals surface area (Å²) in [5.74, 6) is -0.134. The number of nitrogens with zero attached hydrogens (tertiary/aromatic N) is 3. The maximum atomic E-state index is 13.0. The fourth-order valence-corrected chi connectivity index (χ4v) is 4.30. The largest absolute Gasteiger partial charge is 0.416 e. The number of halogens is 3. The molecule has 4 rings (SSSR count). The number of amides is 1. The van der Waals surface area contributed by atoms with Crippen molar-refractivity contribution in [1.82, 2.24) is 20.0 Å². The SMILES string of the molecule is CCc1c(C(=O)NC2CCN(Cc3cccc(C(F)(F)F)c3)CC2)cnn1-c1ccccc1. The second-order valence-electron chi connectivity index (χ2n) is 8.33. The van der Waals surface area contributed by atoms with Crippen molar-refractivity contribution in [2.75, 3.05) is 13.1 Å². The Morgan fingerprint density at radius 3 is 2.48 bits per heavy atom. The van der Waals surface area contributed by atoms with Gasteiger partial charge in [-0.05, 0) is 43.0 Å². The van der Waals surface area contributed by atoms with Gasteiger partial charge in [-0.2, -0.15) is 18.3 Å². The zero-order valence-electron chi connectivity index (χ0n) is 18.5. The van der Waals surface area contributed by atoms with Gasteiger partial charge in [-0.15, -0.1) is 0 Å². The maximum Gasteiger partial charge on any atom is 0.416 e. The normalized spacial score (nSPS) is 15.5. The van der Waals surface area contributed by atoms with Gasteiger partial charge >= 0.3 is 6.18 Å². The Hall–Kier alpha value is -3.13. The van der Waals surface area contributed by atoms with Crippen molar-refractivity contribution in [3.8, 4) is 5.69 Å². The molecule has 0 spiro atoms. The number of hydrogen-bond acceptors (Lipinski definition) is 3. The molecule has 33 heavy (non-hydrogen) atoms. The predicted molar refractivity (Wildman–Crippen MR) is 120 cm³/mol. The van der Waals surface area contributed by atoms with Gasteiger partial charge in [0, 0.05) is 25.7 Å². The highest BCUT2D eigenvalue weighted by Crippen LogP contribution is 2.30. The highest BCUT2D eigenvalue weighted by atomic mass is 19.4. The molecule has 1 saturated heterocycles. The Morgan fingerprint density at radius 1 is 1.09 bits per heavy atom. The molecule has 1 N–H and O–H groups in total. The number of para-hydroxylation sites is 1. The van der Waals surface area contributed by atoms with E-state index >= 15 is 0 Å². The van der Waals surface area contributed by atoms with Crippen LogP contribution in [0.1, 0.15) is 46.9 Å². The summed E-state index contributed by atoms with van der Waals surface area (Å²) in [6.07, 6.45) is -0.548. The minimum atomic E-state index is -4.33. The monoisotopic (exact) mass is 456 g/mol. The van der Waals surface area contributed by atoms with Gasteiger partial charge in [0.25, 0.3) is 5.91 Å². The van der Waals surface area contributed by atoms with Crippen molar-refractivity contribution >= 4 is 5.91 Å². The van der Waals surface area contributed by atoms with Crippen molar-refractivity contribution in [2.24, 2.45) is 0 Å². The Kier molecular flexibility index (Phi) is 6.83. The molecule has 1 aliphatic rings. The van der Waals surface area contributed by atoms with E-state index in [2.05, 4.69) is 15.3 Å². The number of nitrogens with one attached hydrogen (secondary N) is 1. The topological polar surface area (TPSA) is 50.2 Å². The van der Waals surface area contributed by atoms with Crippen molar-refractivity contribution in [3.63, 3.8) is 0 Å². The molecule has 1 aromatic heterocycles. The summed E-state index contributed by atoms with van der Waals surface area (Å²) in [4.78, 5) is 15.1. The molecular formula is C25H27F3N4O. The van der Waals surface area contributed by atoms with Crippen molar-refractivity contribution in [3.05, 3.63) is 83.2 Å². The molecule has 2 heterocycles. The van der Waals surface area contributed by atoms with Crippen LogP contribution in [0.4, 0.5) is 13.2 Å². The lowest BCUT2D eigenvalue weighted by molar-refractivity contribution is -0.137. The first kappa shape index (κ1) is 23.0. The number of rotatable bonds is 6. The average molecular weight is 457 g/mol. The van der Waals surface area contributed by atoms with Crippen LogP contribution in [0, 0.1) is 0 Å². The van der Waals surface area contributed by atoms with Crippen LogP contribution in [0.15, 0.2) is 60.8 Å². The zero-order chi connectivity index (χ0) is 23.4. The maximum absolute atomic E-state index is 13.0. The number of alkyl halides is 3. The lowest BCUT2D eigenvalue weighted by Gasteiger charge is -2.32. The summed E-state index contributed by atoms with van der Waals surface area (Å²) in [5, 5.41) is 7.54. The van der Waals surface area contributed by atoms with Crippen LogP contribution in [0.3, 0.4) is 0 Å². The van der Waals surface area contributed by atoms with Gasteiger partial charge in [0.1, 0.15) is 0 Å². The third-order valence-corrected chi connectivity index (χ3v) is 6.03. The van der Waals surface area contributed by atoms with E-state index in [1.54, 1.807) is 16.9 Å². The van der Waals surface area contributed by atoms with Gasteiger partial charge in [0.05, 0.1) is 28.7 Å². The summed E-state index contributed by atoms with van der Waals surface area (Å²) >= 11 is 0. The quantitative estimate of drug-likeness (QED) is 0.577. The fourth-order valence-electron chi connectivity index (χ4n) is 4.30. The van der Waals surface area contributed by atoms with E-state index in [0.29, 0.717) is 37.2 Å². The van der Waals surface area contributed by atoms with E-state index in [1.165, 1.54) is 12.1 Å². The van der Waals surface area contributed by atoms with E-state index in [9.17, 15) is 18.0 Å². The van der Waals surface area contributed by atoms with E-state index in [4.69, 9.17) is 0 Å². The van der Waals surface area contributed by atoms with Gasteiger partial charge in [0.15, 0.2) is 0 Å². The van der Waals surface area contributed by atoms with Crippen LogP contribution in [0.25, 0.3) is 5.69 Å². The van der Waals surface area contributed by atoms with Crippen LogP contribution < -0.4 is 5.32 Å². The van der Waals surface area contributed by atoms with Crippen molar-refractivity contribution in [2.45, 2.75) is 44.9 Å². The molecule has 1 fully saturated rings. The van der Waals surface area contributed by atoms with E-state index in [-0.39, 0.29) is 11.9 Å². The van der Waals surface area contributed by atoms with E-state index < -0.39 is 11.7 Å². The predicted octanol–water partition coefficient (Wildman–Crippen LogP) is 4.85. The van der Waals surface area contributed by atoms with Gasteiger partial charge in [-0.1, -0.05) is 43.3 Å². The molecule has 0 bridgehead atoms. The minimum Gasteiger partial charge on any atom is -0.349 e. The summed E-state index contributed by atoms with van der Waals surface area (Å²) < 4.78 is 40.7. The first-order valence-electron chi connectivity index (χ1n) is 11.2. The molecule has 0 unspecified atom stereocenters. The molecule has 8 heteroatoms. The summed E-state index contributed by atoms with van der Waals surface area (Å²) in [6.45, 7) is 3.89. The Balaban J connectivity index is 1.34. The molecule has 174 valence electrons. The summed E-state index contributed by atoms with van der Waals surface area (Å²) in [5.41, 5.74) is 2.38. The number of hydrogen-bond donors (Lipinski definition) is 1. The smallest absolute Gasteiger partial charge is 0.349 e. The number of aromatic nitrogens is 2. The van der Waals surface area contributed by atoms with Crippen LogP contribution in [-0.2, 0) is 19.1 Å². The van der Waals surface area contributed by atoms with Gasteiger partial charge in [-0.3, -0.25) is 9.69 Å². The molecule has 0 radical (unpaired) electrons. The molecule has 0 saturated carbocycles. The van der Waals surface area contributed by atoms with E-state index in [1.807, 2.05) is 37.3 Å². The Morgan fingerprint density at radius 2 is 1.82 bits per heavy atom. The Bertz CT molecular complexity index is 1090. The second kappa shape index (κ2) is 9.79. The lowest BCUT2D eigenvalue weighted by atomic mass is 10.0. The molecular weight excluding hydrogens is 429 g/mol. The van der Waals surface area contributed by atoms with Crippen LogP contribution >= 0.6 is 0 Å². The lowest BCUT2D eigenvalue weighted by Crippen LogP contribution is -2.44. The number of carbonyl (C=O) groups excluding carboxylic acids is 1. The Labute approximate surface area is 191 Å². The first-order chi connectivity index (χ1) is 15.8. The zero-order valence-corrected chi connectivity index (χ0v) is 18.5. The molecule has 0 atom stereocenters.